The van der Waals surface area contributed by atoms with Gasteiger partial charge in [0.25, 0.3) is 5.91 Å². The zero-order chi connectivity index (χ0) is 22.0. The number of fused-ring (bicyclic) bond motifs is 1. The molecule has 3 aromatic rings. The smallest absolute Gasteiger partial charge is 0.342 e. The van der Waals surface area contributed by atoms with E-state index >= 15 is 0 Å². The normalized spacial score (nSPS) is 13.0. The van der Waals surface area contributed by atoms with Gasteiger partial charge in [0.05, 0.1) is 23.1 Å². The molecule has 2 heterocycles. The number of hydrogen-bond acceptors (Lipinski definition) is 6. The number of para-hydroxylation sites is 1. The number of benzene rings is 2. The second-order valence-corrected chi connectivity index (χ2v) is 7.27. The van der Waals surface area contributed by atoms with E-state index in [1.807, 2.05) is 49.4 Å². The molecule has 0 bridgehead atoms. The summed E-state index contributed by atoms with van der Waals surface area (Å²) >= 11 is 0. The molecule has 0 radical (unpaired) electrons. The van der Waals surface area contributed by atoms with Crippen LogP contribution in [0.4, 0.5) is 0 Å². The third kappa shape index (κ3) is 4.23. The van der Waals surface area contributed by atoms with E-state index in [4.69, 9.17) is 14.2 Å². The summed E-state index contributed by atoms with van der Waals surface area (Å²) in [5.74, 6) is 0.344. The molecule has 1 aliphatic heterocycles. The molecule has 160 valence electrons. The van der Waals surface area contributed by atoms with Crippen LogP contribution in [0.3, 0.4) is 0 Å². The Balaban J connectivity index is 1.37. The molecule has 1 aromatic heterocycles. The predicted octanol–water partition coefficient (Wildman–Crippen LogP) is 3.25. The molecular weight excluding hydrogens is 398 g/mol. The van der Waals surface area contributed by atoms with E-state index in [1.54, 1.807) is 24.6 Å². The Hall–Kier alpha value is -3.81. The van der Waals surface area contributed by atoms with Gasteiger partial charge >= 0.3 is 5.97 Å². The average Bonchev–Trinajstić information content (AvgIpc) is 3.35. The average molecular weight is 421 g/mol. The van der Waals surface area contributed by atoms with Crippen molar-refractivity contribution < 1.29 is 23.8 Å². The second-order valence-electron chi connectivity index (χ2n) is 7.27. The highest BCUT2D eigenvalue weighted by molar-refractivity contribution is 5.93. The lowest BCUT2D eigenvalue weighted by Crippen LogP contribution is -2.31. The first kappa shape index (κ1) is 20.5. The first-order valence-corrected chi connectivity index (χ1v) is 9.91. The van der Waals surface area contributed by atoms with Gasteiger partial charge in [-0.15, -0.1) is 0 Å². The Morgan fingerprint density at radius 3 is 2.65 bits per heavy atom. The fourth-order valence-corrected chi connectivity index (χ4v) is 3.51. The predicted molar refractivity (Wildman–Crippen MR) is 112 cm³/mol. The van der Waals surface area contributed by atoms with Crippen LogP contribution in [-0.4, -0.2) is 35.1 Å². The minimum Gasteiger partial charge on any atom is -0.454 e. The number of esters is 1. The van der Waals surface area contributed by atoms with Gasteiger partial charge in [-0.3, -0.25) is 4.79 Å². The van der Waals surface area contributed by atoms with E-state index in [1.165, 1.54) is 0 Å². The Bertz CT molecular complexity index is 1120. The number of ether oxygens (including phenoxy) is 3. The van der Waals surface area contributed by atoms with E-state index in [2.05, 4.69) is 10.4 Å². The molecule has 0 saturated carbocycles. The van der Waals surface area contributed by atoms with Gasteiger partial charge in [0, 0.05) is 0 Å². The number of aromatic nitrogens is 2. The SMILES string of the molecule is Cc1nn(-c2ccccc2)c(C)c1C(=O)OCC(=O)N[C@H](C)c1ccc2c(c1)OCO2. The molecule has 1 aliphatic rings. The molecule has 1 amide bonds. The lowest BCUT2D eigenvalue weighted by Gasteiger charge is -2.15. The first-order chi connectivity index (χ1) is 14.9. The van der Waals surface area contributed by atoms with Crippen molar-refractivity contribution in [2.75, 3.05) is 13.4 Å². The van der Waals surface area contributed by atoms with E-state index < -0.39 is 11.9 Å². The van der Waals surface area contributed by atoms with Crippen molar-refractivity contribution in [1.29, 1.82) is 0 Å². The molecule has 31 heavy (non-hydrogen) atoms. The number of rotatable bonds is 6. The van der Waals surface area contributed by atoms with Crippen molar-refractivity contribution in [2.45, 2.75) is 26.8 Å². The molecule has 0 fully saturated rings. The fourth-order valence-electron chi connectivity index (χ4n) is 3.51. The minimum atomic E-state index is -0.580. The maximum atomic E-state index is 12.6. The molecule has 0 saturated heterocycles. The van der Waals surface area contributed by atoms with Gasteiger partial charge in [-0.05, 0) is 50.6 Å². The molecule has 0 unspecified atom stereocenters. The quantitative estimate of drug-likeness (QED) is 0.615. The van der Waals surface area contributed by atoms with Crippen molar-refractivity contribution >= 4 is 11.9 Å². The Labute approximate surface area is 179 Å². The van der Waals surface area contributed by atoms with Gasteiger partial charge in [-0.1, -0.05) is 24.3 Å². The molecule has 0 aliphatic carbocycles. The lowest BCUT2D eigenvalue weighted by molar-refractivity contribution is -0.124. The highest BCUT2D eigenvalue weighted by atomic mass is 16.7. The lowest BCUT2D eigenvalue weighted by atomic mass is 10.1. The number of carbonyl (C=O) groups excluding carboxylic acids is 2. The number of amides is 1. The topological polar surface area (TPSA) is 91.7 Å². The number of nitrogens with one attached hydrogen (secondary N) is 1. The summed E-state index contributed by atoms with van der Waals surface area (Å²) in [5.41, 5.74) is 3.26. The summed E-state index contributed by atoms with van der Waals surface area (Å²) in [6.07, 6.45) is 0. The van der Waals surface area contributed by atoms with E-state index in [0.717, 1.165) is 11.3 Å². The molecule has 8 nitrogen and oxygen atoms in total. The maximum Gasteiger partial charge on any atom is 0.342 e. The van der Waals surface area contributed by atoms with Gasteiger partial charge in [-0.25, -0.2) is 9.48 Å². The van der Waals surface area contributed by atoms with Crippen molar-refractivity contribution in [2.24, 2.45) is 0 Å². The fraction of sp³-hybridized carbons (Fsp3) is 0.261. The standard InChI is InChI=1S/C23H23N3O5/c1-14(17-9-10-19-20(11-17)31-13-30-19)24-21(27)12-29-23(28)22-15(2)25-26(16(22)3)18-7-5-4-6-8-18/h4-11,14H,12-13H2,1-3H3,(H,24,27)/t14-/m1/s1. The monoisotopic (exact) mass is 421 g/mol. The van der Waals surface area contributed by atoms with Crippen LogP contribution in [0.5, 0.6) is 11.5 Å². The van der Waals surface area contributed by atoms with Crippen LogP contribution >= 0.6 is 0 Å². The molecule has 4 rings (SSSR count). The Morgan fingerprint density at radius 1 is 1.13 bits per heavy atom. The van der Waals surface area contributed by atoms with Crippen LogP contribution in [0.2, 0.25) is 0 Å². The summed E-state index contributed by atoms with van der Waals surface area (Å²) < 4.78 is 17.6. The number of aryl methyl sites for hydroxylation is 1. The van der Waals surface area contributed by atoms with E-state index in [-0.39, 0.29) is 19.4 Å². The van der Waals surface area contributed by atoms with Gasteiger partial charge in [0.1, 0.15) is 5.56 Å². The number of carbonyl (C=O) groups is 2. The third-order valence-electron chi connectivity index (χ3n) is 5.10. The van der Waals surface area contributed by atoms with Crippen molar-refractivity contribution in [1.82, 2.24) is 15.1 Å². The minimum absolute atomic E-state index is 0.190. The third-order valence-corrected chi connectivity index (χ3v) is 5.10. The zero-order valence-corrected chi connectivity index (χ0v) is 17.5. The Morgan fingerprint density at radius 2 is 1.87 bits per heavy atom. The first-order valence-electron chi connectivity index (χ1n) is 9.91. The van der Waals surface area contributed by atoms with Crippen molar-refractivity contribution in [3.05, 3.63) is 71.0 Å². The molecule has 1 atom stereocenters. The van der Waals surface area contributed by atoms with Crippen LogP contribution in [-0.2, 0) is 9.53 Å². The summed E-state index contributed by atoms with van der Waals surface area (Å²) in [7, 11) is 0. The highest BCUT2D eigenvalue weighted by Crippen LogP contribution is 2.34. The van der Waals surface area contributed by atoms with Crippen LogP contribution in [0.25, 0.3) is 5.69 Å². The van der Waals surface area contributed by atoms with Gasteiger partial charge in [-0.2, -0.15) is 5.10 Å². The van der Waals surface area contributed by atoms with E-state index in [9.17, 15) is 9.59 Å². The summed E-state index contributed by atoms with van der Waals surface area (Å²) in [4.78, 5) is 25.0. The summed E-state index contributed by atoms with van der Waals surface area (Å²) in [6, 6.07) is 14.7. The molecule has 0 spiro atoms. The van der Waals surface area contributed by atoms with Crippen LogP contribution in [0, 0.1) is 13.8 Å². The Kier molecular flexibility index (Phi) is 5.62. The van der Waals surface area contributed by atoms with Crippen LogP contribution in [0.15, 0.2) is 48.5 Å². The summed E-state index contributed by atoms with van der Waals surface area (Å²) in [5, 5.41) is 7.26. The van der Waals surface area contributed by atoms with Gasteiger partial charge in [0.15, 0.2) is 18.1 Å². The van der Waals surface area contributed by atoms with Gasteiger partial charge in [0.2, 0.25) is 6.79 Å². The molecular formula is C23H23N3O5. The van der Waals surface area contributed by atoms with Crippen molar-refractivity contribution in [3.63, 3.8) is 0 Å². The van der Waals surface area contributed by atoms with Crippen molar-refractivity contribution in [3.8, 4) is 17.2 Å². The maximum absolute atomic E-state index is 12.6. The molecule has 8 heteroatoms. The number of hydrogen-bond donors (Lipinski definition) is 1. The highest BCUT2D eigenvalue weighted by Gasteiger charge is 2.22. The second kappa shape index (κ2) is 8.51. The number of nitrogens with zero attached hydrogens (tertiary/aromatic N) is 2. The van der Waals surface area contributed by atoms with Crippen LogP contribution in [0.1, 0.15) is 40.3 Å². The van der Waals surface area contributed by atoms with E-state index in [0.29, 0.717) is 28.5 Å². The summed E-state index contributed by atoms with van der Waals surface area (Å²) in [6.45, 7) is 5.18. The zero-order valence-electron chi connectivity index (χ0n) is 17.5. The molecule has 2 aromatic carbocycles. The van der Waals surface area contributed by atoms with Gasteiger partial charge < -0.3 is 19.5 Å². The molecule has 1 N–H and O–H groups in total. The van der Waals surface area contributed by atoms with Crippen LogP contribution < -0.4 is 14.8 Å². The largest absolute Gasteiger partial charge is 0.454 e.